The van der Waals surface area contributed by atoms with Crippen LogP contribution in [0.2, 0.25) is 5.02 Å². The van der Waals surface area contributed by atoms with Crippen LogP contribution in [-0.2, 0) is 15.4 Å². The Morgan fingerprint density at radius 1 is 1.29 bits per heavy atom. The number of hydrogen-bond donors (Lipinski definition) is 3. The topological polar surface area (TPSA) is 82.6 Å². The van der Waals surface area contributed by atoms with Crippen molar-refractivity contribution in [3.8, 4) is 0 Å². The zero-order chi connectivity index (χ0) is 19.3. The molecule has 28 heavy (non-hydrogen) atoms. The lowest BCUT2D eigenvalue weighted by molar-refractivity contribution is 0.316. The summed E-state index contributed by atoms with van der Waals surface area (Å²) < 4.78 is 26.8. The molecule has 0 aromatic heterocycles. The van der Waals surface area contributed by atoms with Crippen LogP contribution in [0.4, 0.5) is 0 Å². The summed E-state index contributed by atoms with van der Waals surface area (Å²) in [5.74, 6) is 1.18. The number of benzene rings is 1. The molecule has 1 aromatic rings. The molecular weight excluding hydrogens is 511 g/mol. The first-order chi connectivity index (χ1) is 12.9. The van der Waals surface area contributed by atoms with Gasteiger partial charge in [0, 0.05) is 37.1 Å². The van der Waals surface area contributed by atoms with Gasteiger partial charge in [0.2, 0.25) is 10.0 Å². The molecular formula is C19H30ClIN4O2S. The third-order valence-corrected chi connectivity index (χ3v) is 7.17. The van der Waals surface area contributed by atoms with Gasteiger partial charge < -0.3 is 10.6 Å². The van der Waals surface area contributed by atoms with Gasteiger partial charge in [-0.15, -0.1) is 24.0 Å². The maximum Gasteiger partial charge on any atom is 0.213 e. The lowest BCUT2D eigenvalue weighted by Crippen LogP contribution is -2.44. The van der Waals surface area contributed by atoms with E-state index in [2.05, 4.69) is 26.4 Å². The van der Waals surface area contributed by atoms with Crippen molar-refractivity contribution in [1.29, 1.82) is 0 Å². The van der Waals surface area contributed by atoms with Crippen molar-refractivity contribution < 1.29 is 8.42 Å². The minimum absolute atomic E-state index is 0. The molecule has 0 atom stereocenters. The Morgan fingerprint density at radius 2 is 2.04 bits per heavy atom. The lowest BCUT2D eigenvalue weighted by Gasteiger charge is -2.25. The van der Waals surface area contributed by atoms with Gasteiger partial charge in [0.1, 0.15) is 0 Å². The molecule has 2 saturated carbocycles. The molecule has 0 amide bonds. The van der Waals surface area contributed by atoms with Crippen LogP contribution in [0.3, 0.4) is 0 Å². The Hall–Kier alpha value is -0.580. The van der Waals surface area contributed by atoms with Crippen LogP contribution in [0.1, 0.15) is 37.7 Å². The quantitative estimate of drug-likeness (QED) is 0.256. The Bertz CT molecular complexity index is 780. The van der Waals surface area contributed by atoms with Crippen molar-refractivity contribution in [2.75, 3.05) is 32.4 Å². The van der Waals surface area contributed by atoms with Crippen LogP contribution in [0.25, 0.3) is 0 Å². The van der Waals surface area contributed by atoms with Crippen LogP contribution in [0.5, 0.6) is 0 Å². The number of sulfonamides is 1. The smallest absolute Gasteiger partial charge is 0.213 e. The lowest BCUT2D eigenvalue weighted by atomic mass is 9.86. The van der Waals surface area contributed by atoms with Crippen LogP contribution < -0.4 is 15.4 Å². The van der Waals surface area contributed by atoms with Gasteiger partial charge in [0.05, 0.1) is 5.75 Å². The maximum absolute atomic E-state index is 12.1. The van der Waals surface area contributed by atoms with Gasteiger partial charge in [0.15, 0.2) is 5.96 Å². The highest BCUT2D eigenvalue weighted by atomic mass is 127. The van der Waals surface area contributed by atoms with Gasteiger partial charge >= 0.3 is 0 Å². The molecule has 0 spiro atoms. The number of guanidine groups is 1. The van der Waals surface area contributed by atoms with Crippen LogP contribution >= 0.6 is 35.6 Å². The van der Waals surface area contributed by atoms with Gasteiger partial charge in [-0.2, -0.15) is 0 Å². The van der Waals surface area contributed by atoms with E-state index in [9.17, 15) is 8.42 Å². The molecule has 2 fully saturated rings. The molecule has 0 aliphatic heterocycles. The van der Waals surface area contributed by atoms with Crippen molar-refractivity contribution >= 4 is 51.6 Å². The van der Waals surface area contributed by atoms with Crippen molar-refractivity contribution in [2.45, 2.75) is 37.5 Å². The molecule has 6 nitrogen and oxygen atoms in total. The fourth-order valence-corrected chi connectivity index (χ4v) is 4.52. The molecule has 0 unspecified atom stereocenters. The van der Waals surface area contributed by atoms with E-state index in [1.165, 1.54) is 12.0 Å². The molecule has 0 heterocycles. The highest BCUT2D eigenvalue weighted by Gasteiger charge is 2.44. The fraction of sp³-hybridized carbons (Fsp3) is 0.632. The third-order valence-electron chi connectivity index (χ3n) is 5.59. The summed E-state index contributed by atoms with van der Waals surface area (Å²) in [6.07, 6.45) is 5.69. The zero-order valence-corrected chi connectivity index (χ0v) is 20.1. The molecule has 2 aliphatic carbocycles. The molecule has 9 heteroatoms. The number of rotatable bonds is 9. The van der Waals surface area contributed by atoms with E-state index in [1.54, 1.807) is 7.05 Å². The number of halogens is 2. The number of aliphatic imine (C=N–C) groups is 1. The summed E-state index contributed by atoms with van der Waals surface area (Å²) >= 11 is 6.12. The van der Waals surface area contributed by atoms with Gasteiger partial charge in [-0.1, -0.05) is 30.2 Å². The van der Waals surface area contributed by atoms with Crippen molar-refractivity contribution in [1.82, 2.24) is 15.4 Å². The van der Waals surface area contributed by atoms with Gasteiger partial charge in [-0.3, -0.25) is 4.99 Å². The summed E-state index contributed by atoms with van der Waals surface area (Å²) in [6.45, 7) is 1.64. The van der Waals surface area contributed by atoms with E-state index in [0.717, 1.165) is 37.3 Å². The average Bonchev–Trinajstić information content (AvgIpc) is 3.37. The third kappa shape index (κ3) is 6.74. The van der Waals surface area contributed by atoms with E-state index < -0.39 is 10.0 Å². The molecule has 0 radical (unpaired) electrons. The van der Waals surface area contributed by atoms with Crippen molar-refractivity contribution in [3.63, 3.8) is 0 Å². The first-order valence-electron chi connectivity index (χ1n) is 9.60. The van der Waals surface area contributed by atoms with E-state index in [-0.39, 0.29) is 35.1 Å². The molecule has 0 saturated heterocycles. The van der Waals surface area contributed by atoms with E-state index in [0.29, 0.717) is 25.0 Å². The Kier molecular flexibility index (Phi) is 8.84. The number of nitrogens with one attached hydrogen (secondary N) is 3. The molecule has 0 bridgehead atoms. The van der Waals surface area contributed by atoms with E-state index >= 15 is 0 Å². The fourth-order valence-electron chi connectivity index (χ4n) is 3.33. The van der Waals surface area contributed by atoms with Gasteiger partial charge in [-0.25, -0.2) is 13.1 Å². The Morgan fingerprint density at radius 3 is 2.61 bits per heavy atom. The van der Waals surface area contributed by atoms with E-state index in [4.69, 9.17) is 11.6 Å². The second-order valence-electron chi connectivity index (χ2n) is 7.61. The monoisotopic (exact) mass is 540 g/mol. The number of nitrogens with zero attached hydrogens (tertiary/aromatic N) is 1. The predicted molar refractivity (Wildman–Crippen MR) is 126 cm³/mol. The maximum atomic E-state index is 12.1. The largest absolute Gasteiger partial charge is 0.356 e. The molecule has 3 rings (SSSR count). The first kappa shape index (κ1) is 23.7. The SMILES string of the molecule is CN=C(NCCS(=O)(=O)NCC1CCC1)NCC1(c2cccc(Cl)c2)CC1.I. The van der Waals surface area contributed by atoms with Crippen LogP contribution in [-0.4, -0.2) is 46.8 Å². The average molecular weight is 541 g/mol. The summed E-state index contributed by atoms with van der Waals surface area (Å²) in [4.78, 5) is 4.20. The Balaban J connectivity index is 0.00000280. The zero-order valence-electron chi connectivity index (χ0n) is 16.2. The normalized spacial score (nSPS) is 18.7. The molecule has 2 aliphatic rings. The van der Waals surface area contributed by atoms with Crippen molar-refractivity contribution in [3.05, 3.63) is 34.9 Å². The van der Waals surface area contributed by atoms with Crippen molar-refractivity contribution in [2.24, 2.45) is 10.9 Å². The van der Waals surface area contributed by atoms with Gasteiger partial charge in [0.25, 0.3) is 0 Å². The summed E-state index contributed by atoms with van der Waals surface area (Å²) in [5.41, 5.74) is 1.33. The second-order valence-corrected chi connectivity index (χ2v) is 9.97. The molecule has 158 valence electrons. The molecule has 1 aromatic carbocycles. The number of hydrogen-bond acceptors (Lipinski definition) is 3. The van der Waals surface area contributed by atoms with Gasteiger partial charge in [-0.05, 0) is 49.3 Å². The Labute approximate surface area is 190 Å². The van der Waals surface area contributed by atoms with Crippen LogP contribution in [0.15, 0.2) is 29.3 Å². The van der Waals surface area contributed by atoms with Crippen LogP contribution in [0, 0.1) is 5.92 Å². The minimum atomic E-state index is -3.25. The predicted octanol–water partition coefficient (Wildman–Crippen LogP) is 2.87. The summed E-state index contributed by atoms with van der Waals surface area (Å²) in [5, 5.41) is 7.17. The summed E-state index contributed by atoms with van der Waals surface area (Å²) in [6, 6.07) is 7.99. The standard InChI is InChI=1S/C19H29ClN4O2S.HI/c1-21-18(22-10-11-27(25,26)24-13-15-4-2-5-15)23-14-19(8-9-19)16-6-3-7-17(20)12-16;/h3,6-7,12,15,24H,2,4-5,8-11,13-14H2,1H3,(H2,21,22,23);1H. The van der Waals surface area contributed by atoms with E-state index in [1.807, 2.05) is 18.2 Å². The molecule has 3 N–H and O–H groups in total. The minimum Gasteiger partial charge on any atom is -0.356 e. The highest BCUT2D eigenvalue weighted by Crippen LogP contribution is 2.48. The summed E-state index contributed by atoms with van der Waals surface area (Å²) in [7, 11) is -1.55. The highest BCUT2D eigenvalue weighted by molar-refractivity contribution is 14.0. The second kappa shape index (κ2) is 10.4. The first-order valence-corrected chi connectivity index (χ1v) is 11.6.